The van der Waals surface area contributed by atoms with Gasteiger partial charge in [0, 0.05) is 0 Å². The summed E-state index contributed by atoms with van der Waals surface area (Å²) >= 11 is 5.82. The second kappa shape index (κ2) is 5.17. The van der Waals surface area contributed by atoms with Crippen LogP contribution in [0.15, 0.2) is 42.5 Å². The van der Waals surface area contributed by atoms with Crippen molar-refractivity contribution in [3.63, 3.8) is 0 Å². The van der Waals surface area contributed by atoms with E-state index in [9.17, 15) is 18.0 Å². The predicted molar refractivity (Wildman–Crippen MR) is 68.8 cm³/mol. The number of alkyl halides is 3. The van der Waals surface area contributed by atoms with Gasteiger partial charge in [0.1, 0.15) is 0 Å². The van der Waals surface area contributed by atoms with Gasteiger partial charge in [-0.15, -0.1) is 0 Å². The zero-order chi connectivity index (χ0) is 14.9. The van der Waals surface area contributed by atoms with Crippen molar-refractivity contribution in [3.05, 3.63) is 58.6 Å². The van der Waals surface area contributed by atoms with Crippen molar-refractivity contribution < 1.29 is 23.1 Å². The van der Waals surface area contributed by atoms with Gasteiger partial charge in [0.25, 0.3) is 0 Å². The van der Waals surface area contributed by atoms with Gasteiger partial charge >= 0.3 is 12.1 Å². The maximum atomic E-state index is 12.5. The van der Waals surface area contributed by atoms with E-state index in [0.717, 1.165) is 12.1 Å². The SMILES string of the molecule is O=C(O)c1c(Cl)cccc1-c1ccc(C(F)(F)F)cc1. The highest BCUT2D eigenvalue weighted by Gasteiger charge is 2.30. The van der Waals surface area contributed by atoms with Gasteiger partial charge in [-0.1, -0.05) is 35.9 Å². The van der Waals surface area contributed by atoms with Crippen molar-refractivity contribution in [3.8, 4) is 11.1 Å². The molecule has 0 radical (unpaired) electrons. The van der Waals surface area contributed by atoms with E-state index in [1.807, 2.05) is 0 Å². The van der Waals surface area contributed by atoms with Crippen molar-refractivity contribution in [2.75, 3.05) is 0 Å². The van der Waals surface area contributed by atoms with E-state index in [4.69, 9.17) is 16.7 Å². The molecule has 0 aliphatic rings. The molecule has 0 aromatic heterocycles. The number of hydrogen-bond acceptors (Lipinski definition) is 1. The lowest BCUT2D eigenvalue weighted by atomic mass is 9.98. The molecule has 0 fully saturated rings. The van der Waals surface area contributed by atoms with E-state index in [2.05, 4.69) is 0 Å². The highest BCUT2D eigenvalue weighted by atomic mass is 35.5. The van der Waals surface area contributed by atoms with Crippen LogP contribution in [0, 0.1) is 0 Å². The van der Waals surface area contributed by atoms with E-state index in [1.165, 1.54) is 24.3 Å². The second-order valence-electron chi connectivity index (χ2n) is 4.04. The van der Waals surface area contributed by atoms with E-state index >= 15 is 0 Å². The number of hydrogen-bond donors (Lipinski definition) is 1. The zero-order valence-electron chi connectivity index (χ0n) is 9.91. The zero-order valence-corrected chi connectivity index (χ0v) is 10.7. The Bertz CT molecular complexity index is 648. The van der Waals surface area contributed by atoms with Crippen LogP contribution in [0.4, 0.5) is 13.2 Å². The Morgan fingerprint density at radius 2 is 1.65 bits per heavy atom. The molecule has 0 aliphatic carbocycles. The average molecular weight is 301 g/mol. The predicted octanol–water partition coefficient (Wildman–Crippen LogP) is 4.72. The molecule has 2 aromatic carbocycles. The number of halogens is 4. The number of benzene rings is 2. The maximum absolute atomic E-state index is 12.5. The number of carbonyl (C=O) groups is 1. The van der Waals surface area contributed by atoms with Crippen molar-refractivity contribution in [1.29, 1.82) is 0 Å². The van der Waals surface area contributed by atoms with Crippen LogP contribution in [0.3, 0.4) is 0 Å². The van der Waals surface area contributed by atoms with Gasteiger partial charge in [0.05, 0.1) is 16.1 Å². The summed E-state index contributed by atoms with van der Waals surface area (Å²) in [7, 11) is 0. The molecule has 104 valence electrons. The first-order valence-electron chi connectivity index (χ1n) is 5.50. The molecule has 20 heavy (non-hydrogen) atoms. The lowest BCUT2D eigenvalue weighted by Crippen LogP contribution is -2.04. The highest BCUT2D eigenvalue weighted by molar-refractivity contribution is 6.34. The molecule has 2 aromatic rings. The third-order valence-electron chi connectivity index (χ3n) is 2.75. The molecule has 0 spiro atoms. The van der Waals surface area contributed by atoms with E-state index in [1.54, 1.807) is 6.07 Å². The quantitative estimate of drug-likeness (QED) is 0.871. The molecule has 0 amide bonds. The van der Waals surface area contributed by atoms with Crippen LogP contribution in [-0.4, -0.2) is 11.1 Å². The molecule has 2 rings (SSSR count). The van der Waals surface area contributed by atoms with Crippen LogP contribution in [0.1, 0.15) is 15.9 Å². The lowest BCUT2D eigenvalue weighted by Gasteiger charge is -2.10. The fraction of sp³-hybridized carbons (Fsp3) is 0.0714. The maximum Gasteiger partial charge on any atom is 0.416 e. The van der Waals surface area contributed by atoms with Crippen LogP contribution in [-0.2, 0) is 6.18 Å². The number of carboxylic acid groups (broad SMARTS) is 1. The topological polar surface area (TPSA) is 37.3 Å². The Kier molecular flexibility index (Phi) is 3.72. The fourth-order valence-corrected chi connectivity index (χ4v) is 2.08. The van der Waals surface area contributed by atoms with Gasteiger partial charge in [-0.05, 0) is 29.3 Å². The molecule has 2 nitrogen and oxygen atoms in total. The van der Waals surface area contributed by atoms with Crippen LogP contribution >= 0.6 is 11.6 Å². The minimum atomic E-state index is -4.43. The summed E-state index contributed by atoms with van der Waals surface area (Å²) in [6, 6.07) is 8.71. The lowest BCUT2D eigenvalue weighted by molar-refractivity contribution is -0.137. The van der Waals surface area contributed by atoms with Crippen molar-refractivity contribution in [2.24, 2.45) is 0 Å². The molecule has 0 heterocycles. The third kappa shape index (κ3) is 2.77. The summed E-state index contributed by atoms with van der Waals surface area (Å²) in [6.45, 7) is 0. The third-order valence-corrected chi connectivity index (χ3v) is 3.07. The summed E-state index contributed by atoms with van der Waals surface area (Å²) in [4.78, 5) is 11.2. The monoisotopic (exact) mass is 300 g/mol. The Hall–Kier alpha value is -2.01. The van der Waals surface area contributed by atoms with Gasteiger partial charge in [-0.2, -0.15) is 13.2 Å². The minimum absolute atomic E-state index is 0.0369. The summed E-state index contributed by atoms with van der Waals surface area (Å²) in [5.41, 5.74) is -0.286. The molecular formula is C14H8ClF3O2. The van der Waals surface area contributed by atoms with Gasteiger partial charge < -0.3 is 5.11 Å². The number of carboxylic acids is 1. The highest BCUT2D eigenvalue weighted by Crippen LogP contribution is 2.33. The van der Waals surface area contributed by atoms with Gasteiger partial charge in [0.2, 0.25) is 0 Å². The minimum Gasteiger partial charge on any atom is -0.478 e. The first-order valence-corrected chi connectivity index (χ1v) is 5.88. The molecular weight excluding hydrogens is 293 g/mol. The van der Waals surface area contributed by atoms with Gasteiger partial charge in [0.15, 0.2) is 0 Å². The average Bonchev–Trinajstić information content (AvgIpc) is 2.37. The molecule has 0 atom stereocenters. The Morgan fingerprint density at radius 1 is 1.05 bits per heavy atom. The largest absolute Gasteiger partial charge is 0.478 e. The standard InChI is InChI=1S/C14H8ClF3O2/c15-11-3-1-2-10(12(11)13(19)20)8-4-6-9(7-5-8)14(16,17)18/h1-7H,(H,19,20). The summed E-state index contributed by atoms with van der Waals surface area (Å²) in [5.74, 6) is -1.23. The Balaban J connectivity index is 2.53. The van der Waals surface area contributed by atoms with Crippen LogP contribution in [0.5, 0.6) is 0 Å². The van der Waals surface area contributed by atoms with Crippen molar-refractivity contribution in [2.45, 2.75) is 6.18 Å². The number of aromatic carboxylic acids is 1. The normalized spacial score (nSPS) is 11.4. The summed E-state index contributed by atoms with van der Waals surface area (Å²) in [6.07, 6.45) is -4.43. The van der Waals surface area contributed by atoms with Crippen molar-refractivity contribution in [1.82, 2.24) is 0 Å². The van der Waals surface area contributed by atoms with E-state index in [-0.39, 0.29) is 16.1 Å². The van der Waals surface area contributed by atoms with Crippen LogP contribution < -0.4 is 0 Å². The first-order chi connectivity index (χ1) is 9.30. The molecule has 6 heteroatoms. The fourth-order valence-electron chi connectivity index (χ4n) is 1.82. The number of rotatable bonds is 2. The molecule has 0 unspecified atom stereocenters. The smallest absolute Gasteiger partial charge is 0.416 e. The van der Waals surface area contributed by atoms with Crippen molar-refractivity contribution >= 4 is 17.6 Å². The Labute approximate surface area is 117 Å². The molecule has 0 aliphatic heterocycles. The van der Waals surface area contributed by atoms with Crippen LogP contribution in [0.2, 0.25) is 5.02 Å². The molecule has 0 saturated carbocycles. The molecule has 0 bridgehead atoms. The van der Waals surface area contributed by atoms with Crippen LogP contribution in [0.25, 0.3) is 11.1 Å². The van der Waals surface area contributed by atoms with E-state index < -0.39 is 17.7 Å². The second-order valence-corrected chi connectivity index (χ2v) is 4.45. The van der Waals surface area contributed by atoms with Gasteiger partial charge in [-0.3, -0.25) is 0 Å². The Morgan fingerprint density at radius 3 is 2.15 bits per heavy atom. The van der Waals surface area contributed by atoms with Gasteiger partial charge in [-0.25, -0.2) is 4.79 Å². The molecule has 0 saturated heterocycles. The molecule has 1 N–H and O–H groups in total. The summed E-state index contributed by atoms with van der Waals surface area (Å²) in [5, 5.41) is 9.16. The first kappa shape index (κ1) is 14.4. The summed E-state index contributed by atoms with van der Waals surface area (Å²) < 4.78 is 37.4. The van der Waals surface area contributed by atoms with E-state index in [0.29, 0.717) is 5.56 Å².